The summed E-state index contributed by atoms with van der Waals surface area (Å²) in [5.41, 5.74) is 0. The third-order valence-corrected chi connectivity index (χ3v) is 2.13. The zero-order valence-corrected chi connectivity index (χ0v) is 10.4. The van der Waals surface area contributed by atoms with Crippen LogP contribution in [0.15, 0.2) is 12.3 Å². The van der Waals surface area contributed by atoms with Gasteiger partial charge in [0.05, 0.1) is 7.11 Å². The minimum absolute atomic E-state index is 0.0710. The Kier molecular flexibility index (Phi) is 5.19. The van der Waals surface area contributed by atoms with Gasteiger partial charge in [0.25, 0.3) is 0 Å². The Morgan fingerprint density at radius 3 is 3.00 bits per heavy atom. The maximum atomic E-state index is 11.6. The molecule has 1 amide bonds. The van der Waals surface area contributed by atoms with E-state index in [4.69, 9.17) is 4.74 Å². The van der Waals surface area contributed by atoms with Crippen molar-refractivity contribution in [2.75, 3.05) is 19.0 Å². The normalized spacial score (nSPS) is 11.7. The molecule has 0 spiro atoms. The summed E-state index contributed by atoms with van der Waals surface area (Å²) in [7, 11) is 1.53. The van der Waals surface area contributed by atoms with E-state index in [9.17, 15) is 4.79 Å². The fourth-order valence-corrected chi connectivity index (χ4v) is 1.19. The van der Waals surface area contributed by atoms with Crippen molar-refractivity contribution in [1.29, 1.82) is 0 Å². The second-order valence-corrected chi connectivity index (χ2v) is 3.58. The van der Waals surface area contributed by atoms with Crippen molar-refractivity contribution in [2.45, 2.75) is 26.3 Å². The summed E-state index contributed by atoms with van der Waals surface area (Å²) in [6.45, 7) is 4.43. The predicted octanol–water partition coefficient (Wildman–Crippen LogP) is 0.812. The van der Waals surface area contributed by atoms with Gasteiger partial charge in [0.15, 0.2) is 0 Å². The van der Waals surface area contributed by atoms with Crippen LogP contribution in [0.25, 0.3) is 0 Å². The Morgan fingerprint density at radius 2 is 2.35 bits per heavy atom. The molecule has 1 aromatic rings. The summed E-state index contributed by atoms with van der Waals surface area (Å²) in [5, 5.41) is 5.70. The molecule has 2 N–H and O–H groups in total. The van der Waals surface area contributed by atoms with Gasteiger partial charge in [0.1, 0.15) is 6.04 Å². The van der Waals surface area contributed by atoms with Crippen LogP contribution in [0.1, 0.15) is 20.3 Å². The monoisotopic (exact) mass is 238 g/mol. The summed E-state index contributed by atoms with van der Waals surface area (Å²) >= 11 is 0. The van der Waals surface area contributed by atoms with Crippen LogP contribution in [-0.4, -0.2) is 35.6 Å². The first-order valence-corrected chi connectivity index (χ1v) is 5.58. The van der Waals surface area contributed by atoms with Gasteiger partial charge in [-0.3, -0.25) is 4.79 Å². The summed E-state index contributed by atoms with van der Waals surface area (Å²) in [6.07, 6.45) is 2.49. The Hall–Kier alpha value is -1.85. The summed E-state index contributed by atoms with van der Waals surface area (Å²) in [6, 6.07) is 1.26. The zero-order valence-electron chi connectivity index (χ0n) is 10.4. The molecule has 0 bridgehead atoms. The van der Waals surface area contributed by atoms with Crippen molar-refractivity contribution in [3.8, 4) is 5.88 Å². The first-order chi connectivity index (χ1) is 8.17. The molecule has 1 atom stereocenters. The van der Waals surface area contributed by atoms with Crippen molar-refractivity contribution in [2.24, 2.45) is 0 Å². The molecule has 94 valence electrons. The minimum Gasteiger partial charge on any atom is -0.481 e. The number of anilines is 1. The van der Waals surface area contributed by atoms with E-state index in [-0.39, 0.29) is 11.9 Å². The fraction of sp³-hybridized carbons (Fsp3) is 0.545. The van der Waals surface area contributed by atoms with Crippen LogP contribution >= 0.6 is 0 Å². The number of aromatic nitrogens is 2. The minimum atomic E-state index is -0.381. The summed E-state index contributed by atoms with van der Waals surface area (Å²) in [4.78, 5) is 19.7. The van der Waals surface area contributed by atoms with Crippen LogP contribution in [0.5, 0.6) is 5.88 Å². The number of ether oxygens (including phenoxy) is 1. The SMILES string of the molecule is CCCNC(=O)C(C)Nc1nccc(OC)n1. The number of nitrogens with zero attached hydrogens (tertiary/aromatic N) is 2. The van der Waals surface area contributed by atoms with Gasteiger partial charge in [-0.2, -0.15) is 4.98 Å². The van der Waals surface area contributed by atoms with Gasteiger partial charge >= 0.3 is 0 Å². The van der Waals surface area contributed by atoms with Gasteiger partial charge in [-0.1, -0.05) is 6.92 Å². The molecule has 1 unspecified atom stereocenters. The first kappa shape index (κ1) is 13.2. The van der Waals surface area contributed by atoms with E-state index in [1.807, 2.05) is 6.92 Å². The van der Waals surface area contributed by atoms with Gasteiger partial charge in [-0.25, -0.2) is 4.98 Å². The van der Waals surface area contributed by atoms with Gasteiger partial charge in [0, 0.05) is 18.8 Å². The van der Waals surface area contributed by atoms with Crippen LogP contribution in [0, 0.1) is 0 Å². The molecular weight excluding hydrogens is 220 g/mol. The highest BCUT2D eigenvalue weighted by Gasteiger charge is 2.12. The lowest BCUT2D eigenvalue weighted by Gasteiger charge is -2.13. The van der Waals surface area contributed by atoms with Crippen LogP contribution in [0.2, 0.25) is 0 Å². The van der Waals surface area contributed by atoms with E-state index in [0.29, 0.717) is 18.4 Å². The van der Waals surface area contributed by atoms with Crippen molar-refractivity contribution in [3.05, 3.63) is 12.3 Å². The van der Waals surface area contributed by atoms with Crippen molar-refractivity contribution in [1.82, 2.24) is 15.3 Å². The summed E-state index contributed by atoms with van der Waals surface area (Å²) < 4.78 is 4.97. The molecule has 0 aromatic carbocycles. The lowest BCUT2D eigenvalue weighted by molar-refractivity contribution is -0.121. The molecule has 6 heteroatoms. The van der Waals surface area contributed by atoms with Gasteiger partial charge in [-0.15, -0.1) is 0 Å². The number of nitrogens with one attached hydrogen (secondary N) is 2. The number of carbonyl (C=O) groups excluding carboxylic acids is 1. The Bertz CT molecular complexity index is 370. The molecule has 1 rings (SSSR count). The van der Waals surface area contributed by atoms with E-state index in [0.717, 1.165) is 6.42 Å². The van der Waals surface area contributed by atoms with E-state index >= 15 is 0 Å². The molecule has 0 saturated carbocycles. The predicted molar refractivity (Wildman–Crippen MR) is 65.0 cm³/mol. The lowest BCUT2D eigenvalue weighted by Crippen LogP contribution is -2.38. The number of hydrogen-bond donors (Lipinski definition) is 2. The lowest BCUT2D eigenvalue weighted by atomic mass is 10.3. The van der Waals surface area contributed by atoms with Gasteiger partial charge in [0.2, 0.25) is 17.7 Å². The molecule has 17 heavy (non-hydrogen) atoms. The number of methoxy groups -OCH3 is 1. The largest absolute Gasteiger partial charge is 0.481 e. The van der Waals surface area contributed by atoms with E-state index in [1.165, 1.54) is 7.11 Å². The average Bonchev–Trinajstić information content (AvgIpc) is 2.36. The van der Waals surface area contributed by atoms with E-state index in [2.05, 4.69) is 20.6 Å². The van der Waals surface area contributed by atoms with E-state index in [1.54, 1.807) is 19.2 Å². The molecule has 1 heterocycles. The number of rotatable bonds is 6. The number of carbonyl (C=O) groups is 1. The standard InChI is InChI=1S/C11H18N4O2/c1-4-6-12-10(16)8(2)14-11-13-7-5-9(15-11)17-3/h5,7-8H,4,6H2,1-3H3,(H,12,16)(H,13,14,15). The fourth-order valence-electron chi connectivity index (χ4n) is 1.19. The van der Waals surface area contributed by atoms with Crippen LogP contribution < -0.4 is 15.4 Å². The topological polar surface area (TPSA) is 76.1 Å². The maximum Gasteiger partial charge on any atom is 0.242 e. The third kappa shape index (κ3) is 4.26. The molecule has 0 radical (unpaired) electrons. The highest BCUT2D eigenvalue weighted by molar-refractivity contribution is 5.83. The van der Waals surface area contributed by atoms with Gasteiger partial charge < -0.3 is 15.4 Å². The molecule has 0 aliphatic heterocycles. The van der Waals surface area contributed by atoms with Crippen LogP contribution in [0.3, 0.4) is 0 Å². The summed E-state index contributed by atoms with van der Waals surface area (Å²) in [5.74, 6) is 0.769. The van der Waals surface area contributed by atoms with Crippen LogP contribution in [-0.2, 0) is 4.79 Å². The molecule has 0 saturated heterocycles. The van der Waals surface area contributed by atoms with Gasteiger partial charge in [-0.05, 0) is 13.3 Å². The van der Waals surface area contributed by atoms with E-state index < -0.39 is 0 Å². The first-order valence-electron chi connectivity index (χ1n) is 5.58. The highest BCUT2D eigenvalue weighted by atomic mass is 16.5. The number of hydrogen-bond acceptors (Lipinski definition) is 5. The van der Waals surface area contributed by atoms with Crippen LogP contribution in [0.4, 0.5) is 5.95 Å². The van der Waals surface area contributed by atoms with Crippen molar-refractivity contribution < 1.29 is 9.53 Å². The second-order valence-electron chi connectivity index (χ2n) is 3.58. The smallest absolute Gasteiger partial charge is 0.242 e. The molecule has 0 fully saturated rings. The van der Waals surface area contributed by atoms with Crippen molar-refractivity contribution in [3.63, 3.8) is 0 Å². The molecule has 1 aromatic heterocycles. The van der Waals surface area contributed by atoms with Crippen molar-refractivity contribution >= 4 is 11.9 Å². The molecular formula is C11H18N4O2. The Balaban J connectivity index is 2.54. The quantitative estimate of drug-likeness (QED) is 0.767. The molecule has 6 nitrogen and oxygen atoms in total. The molecule has 0 aliphatic rings. The highest BCUT2D eigenvalue weighted by Crippen LogP contribution is 2.08. The molecule has 0 aliphatic carbocycles. The average molecular weight is 238 g/mol. The third-order valence-electron chi connectivity index (χ3n) is 2.13. The Morgan fingerprint density at radius 1 is 1.59 bits per heavy atom. The Labute approximate surface area is 101 Å². The second kappa shape index (κ2) is 6.67. The maximum absolute atomic E-state index is 11.6. The zero-order chi connectivity index (χ0) is 12.7. The number of amides is 1.